The number of halogens is 1. The Morgan fingerprint density at radius 2 is 1.85 bits per heavy atom. The molecule has 1 atom stereocenters. The van der Waals surface area contributed by atoms with E-state index >= 15 is 0 Å². The van der Waals surface area contributed by atoms with Gasteiger partial charge in [-0.2, -0.15) is 0 Å². The maximum absolute atomic E-state index is 10.5. The molecule has 2 nitrogen and oxygen atoms in total. The molecule has 2 aromatic carbocycles. The molecule has 1 N–H and O–H groups in total. The lowest BCUT2D eigenvalue weighted by Gasteiger charge is -2.13. The normalized spacial score (nSPS) is 12.6. The highest BCUT2D eigenvalue weighted by atomic mass is 79.9. The van der Waals surface area contributed by atoms with Crippen LogP contribution in [-0.2, 0) is 0 Å². The molecule has 0 aliphatic carbocycles. The van der Waals surface area contributed by atoms with Crippen molar-refractivity contribution >= 4 is 26.8 Å². The monoisotopic (exact) mass is 327 g/mol. The molecule has 0 amide bonds. The highest BCUT2D eigenvalue weighted by Gasteiger charge is 2.12. The fourth-order valence-electron chi connectivity index (χ4n) is 2.35. The molecular weight excluding hydrogens is 314 g/mol. The minimum Gasteiger partial charge on any atom is -0.384 e. The summed E-state index contributed by atoms with van der Waals surface area (Å²) in [6.07, 6.45) is 1.08. The van der Waals surface area contributed by atoms with Crippen molar-refractivity contribution in [1.29, 1.82) is 0 Å². The van der Waals surface area contributed by atoms with Gasteiger partial charge in [-0.1, -0.05) is 40.2 Å². The fraction of sp³-hybridized carbons (Fsp3) is 0.118. The maximum atomic E-state index is 10.5. The smallest absolute Gasteiger partial charge is 0.106 e. The standard InChI is InChI=1S/C17H14BrNO/c1-11-6-13(9-15(18)7-11)17(20)14-8-12-4-2-3-5-16(12)19-10-14/h2-10,17,20H,1H3. The minimum absolute atomic E-state index is 0.664. The van der Waals surface area contributed by atoms with Gasteiger partial charge < -0.3 is 5.11 Å². The van der Waals surface area contributed by atoms with Gasteiger partial charge in [-0.05, 0) is 42.3 Å². The quantitative estimate of drug-likeness (QED) is 0.757. The number of hydrogen-bond donors (Lipinski definition) is 1. The lowest BCUT2D eigenvalue weighted by Crippen LogP contribution is -2.01. The summed E-state index contributed by atoms with van der Waals surface area (Å²) in [4.78, 5) is 4.40. The van der Waals surface area contributed by atoms with Gasteiger partial charge >= 0.3 is 0 Å². The molecule has 1 aromatic heterocycles. The number of aryl methyl sites for hydroxylation is 1. The molecule has 0 fully saturated rings. The Bertz CT molecular complexity index is 750. The Morgan fingerprint density at radius 3 is 2.65 bits per heavy atom. The number of nitrogens with zero attached hydrogens (tertiary/aromatic N) is 1. The molecule has 20 heavy (non-hydrogen) atoms. The number of aromatic nitrogens is 1. The molecule has 0 radical (unpaired) electrons. The Hall–Kier alpha value is -1.71. The van der Waals surface area contributed by atoms with Crippen molar-refractivity contribution in [3.63, 3.8) is 0 Å². The summed E-state index contributed by atoms with van der Waals surface area (Å²) >= 11 is 3.47. The molecule has 3 rings (SSSR count). The largest absolute Gasteiger partial charge is 0.384 e. The van der Waals surface area contributed by atoms with Crippen LogP contribution in [0.4, 0.5) is 0 Å². The minimum atomic E-state index is -0.664. The SMILES string of the molecule is Cc1cc(Br)cc(C(O)c2cnc3ccccc3c2)c1. The second-order valence-corrected chi connectivity index (χ2v) is 5.84. The number of aliphatic hydroxyl groups excluding tert-OH is 1. The molecule has 3 heteroatoms. The van der Waals surface area contributed by atoms with E-state index < -0.39 is 6.10 Å². The van der Waals surface area contributed by atoms with Gasteiger partial charge in [-0.3, -0.25) is 4.98 Å². The first-order valence-corrected chi connectivity index (χ1v) is 7.22. The number of para-hydroxylation sites is 1. The van der Waals surface area contributed by atoms with Crippen molar-refractivity contribution in [3.05, 3.63) is 75.9 Å². The zero-order valence-corrected chi connectivity index (χ0v) is 12.6. The summed E-state index contributed by atoms with van der Waals surface area (Å²) in [6.45, 7) is 2.01. The van der Waals surface area contributed by atoms with E-state index in [9.17, 15) is 5.11 Å². The molecule has 0 bridgehead atoms. The molecular formula is C17H14BrNO. The summed E-state index contributed by atoms with van der Waals surface area (Å²) in [7, 11) is 0. The van der Waals surface area contributed by atoms with E-state index in [1.807, 2.05) is 55.5 Å². The lowest BCUT2D eigenvalue weighted by atomic mass is 10.0. The number of fused-ring (bicyclic) bond motifs is 1. The van der Waals surface area contributed by atoms with E-state index in [2.05, 4.69) is 20.9 Å². The van der Waals surface area contributed by atoms with Crippen LogP contribution in [0, 0.1) is 6.92 Å². The van der Waals surface area contributed by atoms with Crippen LogP contribution in [0.15, 0.2) is 59.2 Å². The molecule has 1 heterocycles. The topological polar surface area (TPSA) is 33.1 Å². The average molecular weight is 328 g/mol. The fourth-order valence-corrected chi connectivity index (χ4v) is 2.98. The Morgan fingerprint density at radius 1 is 1.05 bits per heavy atom. The highest BCUT2D eigenvalue weighted by molar-refractivity contribution is 9.10. The number of pyridine rings is 1. The predicted octanol–water partition coefficient (Wildman–Crippen LogP) is 4.39. The maximum Gasteiger partial charge on any atom is 0.106 e. The van der Waals surface area contributed by atoms with E-state index in [-0.39, 0.29) is 0 Å². The van der Waals surface area contributed by atoms with Crippen LogP contribution in [-0.4, -0.2) is 10.1 Å². The number of rotatable bonds is 2. The number of benzene rings is 2. The molecule has 0 saturated heterocycles. The first-order valence-electron chi connectivity index (χ1n) is 6.43. The van der Waals surface area contributed by atoms with Crippen LogP contribution in [0.3, 0.4) is 0 Å². The van der Waals surface area contributed by atoms with E-state index in [1.165, 1.54) is 0 Å². The number of hydrogen-bond acceptors (Lipinski definition) is 2. The third kappa shape index (κ3) is 2.60. The second-order valence-electron chi connectivity index (χ2n) is 4.93. The van der Waals surface area contributed by atoms with Gasteiger partial charge in [0.15, 0.2) is 0 Å². The Balaban J connectivity index is 2.05. The van der Waals surface area contributed by atoms with Gasteiger partial charge in [0, 0.05) is 21.6 Å². The van der Waals surface area contributed by atoms with Gasteiger partial charge in [0.25, 0.3) is 0 Å². The summed E-state index contributed by atoms with van der Waals surface area (Å²) in [6, 6.07) is 15.8. The van der Waals surface area contributed by atoms with Crippen LogP contribution in [0.25, 0.3) is 10.9 Å². The summed E-state index contributed by atoms with van der Waals surface area (Å²) in [5, 5.41) is 11.6. The van der Waals surface area contributed by atoms with Crippen molar-refractivity contribution in [2.24, 2.45) is 0 Å². The van der Waals surface area contributed by atoms with Gasteiger partial charge in [0.1, 0.15) is 6.10 Å². The molecule has 0 spiro atoms. The summed E-state index contributed by atoms with van der Waals surface area (Å²) < 4.78 is 0.972. The van der Waals surface area contributed by atoms with Crippen LogP contribution in [0.5, 0.6) is 0 Å². The average Bonchev–Trinajstić information content (AvgIpc) is 2.45. The predicted molar refractivity (Wildman–Crippen MR) is 84.7 cm³/mol. The number of aliphatic hydroxyl groups is 1. The van der Waals surface area contributed by atoms with Crippen molar-refractivity contribution < 1.29 is 5.11 Å². The first-order chi connectivity index (χ1) is 9.63. The third-order valence-electron chi connectivity index (χ3n) is 3.31. The van der Waals surface area contributed by atoms with E-state index in [0.29, 0.717) is 0 Å². The Kier molecular flexibility index (Phi) is 3.55. The molecule has 0 aliphatic heterocycles. The second kappa shape index (κ2) is 5.35. The van der Waals surface area contributed by atoms with Crippen molar-refractivity contribution in [1.82, 2.24) is 4.98 Å². The molecule has 0 saturated carbocycles. The van der Waals surface area contributed by atoms with Gasteiger partial charge in [-0.15, -0.1) is 0 Å². The van der Waals surface area contributed by atoms with Crippen LogP contribution < -0.4 is 0 Å². The summed E-state index contributed by atoms with van der Waals surface area (Å²) in [5.41, 5.74) is 3.73. The zero-order valence-electron chi connectivity index (χ0n) is 11.0. The van der Waals surface area contributed by atoms with Crippen LogP contribution >= 0.6 is 15.9 Å². The molecule has 3 aromatic rings. The molecule has 100 valence electrons. The van der Waals surface area contributed by atoms with E-state index in [0.717, 1.165) is 32.1 Å². The van der Waals surface area contributed by atoms with Crippen LogP contribution in [0.2, 0.25) is 0 Å². The van der Waals surface area contributed by atoms with E-state index in [1.54, 1.807) is 6.20 Å². The lowest BCUT2D eigenvalue weighted by molar-refractivity contribution is 0.220. The third-order valence-corrected chi connectivity index (χ3v) is 3.77. The first kappa shape index (κ1) is 13.3. The Labute approximate surface area is 126 Å². The molecule has 1 unspecified atom stereocenters. The van der Waals surface area contributed by atoms with Gasteiger partial charge in [0.05, 0.1) is 5.52 Å². The van der Waals surface area contributed by atoms with Crippen molar-refractivity contribution in [2.75, 3.05) is 0 Å². The van der Waals surface area contributed by atoms with Gasteiger partial charge in [-0.25, -0.2) is 0 Å². The van der Waals surface area contributed by atoms with Crippen LogP contribution in [0.1, 0.15) is 22.8 Å². The zero-order chi connectivity index (χ0) is 14.1. The van der Waals surface area contributed by atoms with Crippen molar-refractivity contribution in [2.45, 2.75) is 13.0 Å². The van der Waals surface area contributed by atoms with Crippen molar-refractivity contribution in [3.8, 4) is 0 Å². The van der Waals surface area contributed by atoms with E-state index in [4.69, 9.17) is 0 Å². The highest BCUT2D eigenvalue weighted by Crippen LogP contribution is 2.27. The molecule has 0 aliphatic rings. The summed E-state index contributed by atoms with van der Waals surface area (Å²) in [5.74, 6) is 0. The van der Waals surface area contributed by atoms with Gasteiger partial charge in [0.2, 0.25) is 0 Å².